The molecule has 0 atom stereocenters. The highest BCUT2D eigenvalue weighted by Crippen LogP contribution is 2.37. The Bertz CT molecular complexity index is 1070. The van der Waals surface area contributed by atoms with Gasteiger partial charge in [-0.15, -0.1) is 0 Å². The fraction of sp³-hybridized carbons (Fsp3) is 0.240. The van der Waals surface area contributed by atoms with Crippen LogP contribution >= 0.6 is 0 Å². The lowest BCUT2D eigenvalue weighted by molar-refractivity contribution is -0.136. The highest BCUT2D eigenvalue weighted by atomic mass is 19.4. The van der Waals surface area contributed by atoms with Crippen LogP contribution in [0.2, 0.25) is 0 Å². The Labute approximate surface area is 185 Å². The standard InChI is InChI=1S/C25H24F3N3O/c1-30-13-15-31(16-14-30)21-11-12-23(22(17-21)25(26,27)28)29-24(32)20-9-7-19(8-10-20)18-5-3-2-4-6-18/h2-12,17H,13-16H2,1H3,(H,29,32). The molecule has 0 unspecified atom stereocenters. The third-order valence-electron chi connectivity index (χ3n) is 5.68. The molecule has 1 fully saturated rings. The summed E-state index contributed by atoms with van der Waals surface area (Å²) in [4.78, 5) is 16.7. The zero-order chi connectivity index (χ0) is 22.7. The molecule has 4 nitrogen and oxygen atoms in total. The maximum absolute atomic E-state index is 13.8. The Morgan fingerprint density at radius 1 is 0.844 bits per heavy atom. The van der Waals surface area contributed by atoms with Crippen molar-refractivity contribution >= 4 is 17.3 Å². The summed E-state index contributed by atoms with van der Waals surface area (Å²) < 4.78 is 41.3. The number of hydrogen-bond acceptors (Lipinski definition) is 3. The Balaban J connectivity index is 1.54. The molecule has 1 saturated heterocycles. The van der Waals surface area contributed by atoms with Crippen molar-refractivity contribution in [2.45, 2.75) is 6.18 Å². The maximum Gasteiger partial charge on any atom is 0.418 e. The van der Waals surface area contributed by atoms with Crippen LogP contribution in [0.4, 0.5) is 24.5 Å². The Hall–Kier alpha value is -3.32. The summed E-state index contributed by atoms with van der Waals surface area (Å²) in [6.45, 7) is 2.90. The van der Waals surface area contributed by atoms with Crippen LogP contribution in [0, 0.1) is 0 Å². The highest BCUT2D eigenvalue weighted by molar-refractivity contribution is 6.05. The maximum atomic E-state index is 13.8. The number of piperazine rings is 1. The van der Waals surface area contributed by atoms with Crippen LogP contribution in [0.5, 0.6) is 0 Å². The van der Waals surface area contributed by atoms with E-state index in [9.17, 15) is 18.0 Å². The van der Waals surface area contributed by atoms with E-state index in [0.29, 0.717) is 24.3 Å². The molecule has 3 aromatic carbocycles. The third kappa shape index (κ3) is 4.94. The van der Waals surface area contributed by atoms with Crippen LogP contribution in [0.15, 0.2) is 72.8 Å². The second-order valence-corrected chi connectivity index (χ2v) is 7.92. The number of carbonyl (C=O) groups excluding carboxylic acids is 1. The molecule has 32 heavy (non-hydrogen) atoms. The first-order chi connectivity index (χ1) is 15.3. The lowest BCUT2D eigenvalue weighted by Gasteiger charge is -2.34. The Kier molecular flexibility index (Phi) is 6.19. The molecule has 0 aliphatic carbocycles. The van der Waals surface area contributed by atoms with E-state index < -0.39 is 17.6 Å². The summed E-state index contributed by atoms with van der Waals surface area (Å²) >= 11 is 0. The number of nitrogens with zero attached hydrogens (tertiary/aromatic N) is 2. The van der Waals surface area contributed by atoms with Crippen LogP contribution in [-0.4, -0.2) is 44.0 Å². The zero-order valence-corrected chi connectivity index (χ0v) is 17.7. The fourth-order valence-electron chi connectivity index (χ4n) is 3.78. The van der Waals surface area contributed by atoms with Crippen molar-refractivity contribution in [1.29, 1.82) is 0 Å². The number of nitrogens with one attached hydrogen (secondary N) is 1. The largest absolute Gasteiger partial charge is 0.418 e. The summed E-state index contributed by atoms with van der Waals surface area (Å²) in [6.07, 6.45) is -4.58. The average Bonchev–Trinajstić information content (AvgIpc) is 2.80. The van der Waals surface area contributed by atoms with Crippen LogP contribution in [-0.2, 0) is 6.18 Å². The van der Waals surface area contributed by atoms with Crippen molar-refractivity contribution in [3.05, 3.63) is 83.9 Å². The van der Waals surface area contributed by atoms with Gasteiger partial charge in [0, 0.05) is 37.4 Å². The minimum absolute atomic E-state index is 0.243. The number of halogens is 3. The number of alkyl halides is 3. The first-order valence-electron chi connectivity index (χ1n) is 10.4. The van der Waals surface area contributed by atoms with Crippen molar-refractivity contribution < 1.29 is 18.0 Å². The first-order valence-corrected chi connectivity index (χ1v) is 10.4. The van der Waals surface area contributed by atoms with E-state index >= 15 is 0 Å². The van der Waals surface area contributed by atoms with Gasteiger partial charge in [-0.25, -0.2) is 0 Å². The molecule has 1 N–H and O–H groups in total. The van der Waals surface area contributed by atoms with Crippen molar-refractivity contribution in [3.8, 4) is 11.1 Å². The Morgan fingerprint density at radius 2 is 1.47 bits per heavy atom. The van der Waals surface area contributed by atoms with E-state index in [1.165, 1.54) is 6.07 Å². The topological polar surface area (TPSA) is 35.6 Å². The SMILES string of the molecule is CN1CCN(c2ccc(NC(=O)c3ccc(-c4ccccc4)cc3)c(C(F)(F)F)c2)CC1. The molecule has 0 saturated carbocycles. The summed E-state index contributed by atoms with van der Waals surface area (Å²) in [5.74, 6) is -0.581. The van der Waals surface area contributed by atoms with E-state index in [4.69, 9.17) is 0 Å². The van der Waals surface area contributed by atoms with Gasteiger partial charge in [-0.3, -0.25) is 4.79 Å². The van der Waals surface area contributed by atoms with Crippen molar-refractivity contribution in [2.24, 2.45) is 0 Å². The van der Waals surface area contributed by atoms with Crippen LogP contribution < -0.4 is 10.2 Å². The van der Waals surface area contributed by atoms with Crippen molar-refractivity contribution in [2.75, 3.05) is 43.4 Å². The van der Waals surface area contributed by atoms with Crippen molar-refractivity contribution in [3.63, 3.8) is 0 Å². The number of rotatable bonds is 4. The van der Waals surface area contributed by atoms with E-state index in [2.05, 4.69) is 10.2 Å². The number of carbonyl (C=O) groups is 1. The van der Waals surface area contributed by atoms with E-state index in [1.54, 1.807) is 30.3 Å². The molecule has 1 aliphatic heterocycles. The van der Waals surface area contributed by atoms with Gasteiger partial charge in [0.25, 0.3) is 5.91 Å². The van der Waals surface area contributed by atoms with Gasteiger partial charge in [0.1, 0.15) is 0 Å². The number of hydrogen-bond donors (Lipinski definition) is 1. The molecule has 166 valence electrons. The quantitative estimate of drug-likeness (QED) is 0.593. The van der Waals surface area contributed by atoms with E-state index in [-0.39, 0.29) is 5.69 Å². The Morgan fingerprint density at radius 3 is 2.09 bits per heavy atom. The van der Waals surface area contributed by atoms with Gasteiger partial charge in [-0.05, 0) is 48.5 Å². The van der Waals surface area contributed by atoms with Crippen LogP contribution in [0.1, 0.15) is 15.9 Å². The minimum atomic E-state index is -4.58. The second-order valence-electron chi connectivity index (χ2n) is 7.92. The van der Waals surface area contributed by atoms with Crippen LogP contribution in [0.3, 0.4) is 0 Å². The monoisotopic (exact) mass is 439 g/mol. The summed E-state index contributed by atoms with van der Waals surface area (Å²) in [5, 5.41) is 2.44. The average molecular weight is 439 g/mol. The predicted octanol–water partition coefficient (Wildman–Crippen LogP) is 5.38. The lowest BCUT2D eigenvalue weighted by atomic mass is 10.0. The molecular formula is C25H24F3N3O. The highest BCUT2D eigenvalue weighted by Gasteiger charge is 2.35. The molecule has 7 heteroatoms. The van der Waals surface area contributed by atoms with E-state index in [1.807, 2.05) is 42.3 Å². The molecule has 1 amide bonds. The van der Waals surface area contributed by atoms with Crippen LogP contribution in [0.25, 0.3) is 11.1 Å². The molecule has 0 spiro atoms. The number of anilines is 2. The van der Waals surface area contributed by atoms with Gasteiger partial charge in [-0.1, -0.05) is 42.5 Å². The second kappa shape index (κ2) is 9.04. The predicted molar refractivity (Wildman–Crippen MR) is 121 cm³/mol. The van der Waals surface area contributed by atoms with Crippen molar-refractivity contribution in [1.82, 2.24) is 4.90 Å². The van der Waals surface area contributed by atoms with E-state index in [0.717, 1.165) is 30.3 Å². The summed E-state index contributed by atoms with van der Waals surface area (Å²) in [5.41, 5.74) is 1.64. The number of benzene rings is 3. The fourth-order valence-corrected chi connectivity index (χ4v) is 3.78. The minimum Gasteiger partial charge on any atom is -0.369 e. The smallest absolute Gasteiger partial charge is 0.369 e. The third-order valence-corrected chi connectivity index (χ3v) is 5.68. The number of likely N-dealkylation sites (N-methyl/N-ethyl adjacent to an activating group) is 1. The molecule has 1 aliphatic rings. The van der Waals surface area contributed by atoms with Gasteiger partial charge in [-0.2, -0.15) is 13.2 Å². The van der Waals surface area contributed by atoms with Gasteiger partial charge in [0.2, 0.25) is 0 Å². The normalized spacial score (nSPS) is 14.9. The van der Waals surface area contributed by atoms with Gasteiger partial charge < -0.3 is 15.1 Å². The molecule has 0 radical (unpaired) electrons. The van der Waals surface area contributed by atoms with Gasteiger partial charge in [0.15, 0.2) is 0 Å². The lowest BCUT2D eigenvalue weighted by Crippen LogP contribution is -2.44. The molecule has 0 bridgehead atoms. The summed E-state index contributed by atoms with van der Waals surface area (Å²) in [7, 11) is 1.99. The molecule has 4 rings (SSSR count). The molecule has 1 heterocycles. The molecular weight excluding hydrogens is 415 g/mol. The molecule has 0 aromatic heterocycles. The summed E-state index contributed by atoms with van der Waals surface area (Å²) in [6, 6.07) is 20.5. The zero-order valence-electron chi connectivity index (χ0n) is 17.7. The first kappa shape index (κ1) is 21.9. The van der Waals surface area contributed by atoms with Gasteiger partial charge >= 0.3 is 6.18 Å². The van der Waals surface area contributed by atoms with Gasteiger partial charge in [0.05, 0.1) is 11.3 Å². The molecule has 3 aromatic rings. The number of amides is 1.